The summed E-state index contributed by atoms with van der Waals surface area (Å²) in [6.45, 7) is 5.43. The molecule has 1 aromatic carbocycles. The van der Waals surface area contributed by atoms with Gasteiger partial charge in [0.05, 0.1) is 0 Å². The molecule has 0 atom stereocenters. The van der Waals surface area contributed by atoms with Gasteiger partial charge >= 0.3 is 70.7 Å². The molecule has 1 aliphatic heterocycles. The van der Waals surface area contributed by atoms with Crippen molar-refractivity contribution in [3.05, 3.63) is 23.8 Å². The van der Waals surface area contributed by atoms with Crippen LogP contribution in [0, 0.1) is 0 Å². The zero-order valence-electron chi connectivity index (χ0n) is 6.63. The number of anilines is 1. The molecular formula is C9H8BNO. The van der Waals surface area contributed by atoms with Crippen molar-refractivity contribution in [1.29, 1.82) is 0 Å². The molecule has 0 spiro atoms. The predicted molar refractivity (Wildman–Crippen MR) is 51.3 cm³/mol. The van der Waals surface area contributed by atoms with Crippen LogP contribution < -0.4 is 10.8 Å². The van der Waals surface area contributed by atoms with E-state index in [1.807, 2.05) is 18.2 Å². The van der Waals surface area contributed by atoms with E-state index in [4.69, 9.17) is 0 Å². The molecule has 0 aromatic heterocycles. The van der Waals surface area contributed by atoms with E-state index >= 15 is 0 Å². The van der Waals surface area contributed by atoms with Gasteiger partial charge in [-0.1, -0.05) is 0 Å². The zero-order chi connectivity index (χ0) is 8.55. The third kappa shape index (κ3) is 1.07. The summed E-state index contributed by atoms with van der Waals surface area (Å²) in [5.41, 5.74) is 3.04. The second kappa shape index (κ2) is 2.59. The van der Waals surface area contributed by atoms with E-state index in [2.05, 4.69) is 11.8 Å². The van der Waals surface area contributed by atoms with Crippen molar-refractivity contribution in [3.8, 4) is 0 Å². The molecule has 0 fully saturated rings. The van der Waals surface area contributed by atoms with Crippen molar-refractivity contribution in [2.75, 3.05) is 5.32 Å². The summed E-state index contributed by atoms with van der Waals surface area (Å²) in [6, 6.07) is 5.86. The molecule has 0 unspecified atom stereocenters. The fourth-order valence-electron chi connectivity index (χ4n) is 1.36. The number of rotatable bonds is 1. The summed E-state index contributed by atoms with van der Waals surface area (Å²) in [7, 11) is 0. The molecule has 1 heterocycles. The van der Waals surface area contributed by atoms with Crippen LogP contribution in [-0.4, -0.2) is 19.3 Å². The van der Waals surface area contributed by atoms with Crippen LogP contribution in [-0.2, 0) is 11.2 Å². The van der Waals surface area contributed by atoms with Crippen LogP contribution in [0.4, 0.5) is 5.69 Å². The standard InChI is InChI=1S/C9H8BNO/c1-10-7-3-2-6-4-9(12)11-8(6)5-7/h2-3,5H,1,4H2,(H,11,12). The predicted octanol–water partition coefficient (Wildman–Crippen LogP) is -0.0573. The molecule has 1 N–H and O–H groups in total. The van der Waals surface area contributed by atoms with E-state index in [1.165, 1.54) is 0 Å². The number of hydrogen-bond acceptors (Lipinski definition) is 1. The summed E-state index contributed by atoms with van der Waals surface area (Å²) in [5, 5.41) is 2.79. The Morgan fingerprint density at radius 1 is 1.50 bits per heavy atom. The topological polar surface area (TPSA) is 29.1 Å². The van der Waals surface area contributed by atoms with Crippen molar-refractivity contribution in [2.24, 2.45) is 0 Å². The van der Waals surface area contributed by atoms with Crippen molar-refractivity contribution < 1.29 is 4.79 Å². The van der Waals surface area contributed by atoms with Crippen LogP contribution in [0.25, 0.3) is 0 Å². The van der Waals surface area contributed by atoms with Gasteiger partial charge in [0.1, 0.15) is 0 Å². The molecule has 0 radical (unpaired) electrons. The number of carbonyl (C=O) groups is 1. The average Bonchev–Trinajstić information content (AvgIpc) is 2.43. The third-order valence-corrected chi connectivity index (χ3v) is 1.99. The molecule has 1 amide bonds. The van der Waals surface area contributed by atoms with Crippen LogP contribution in [0.5, 0.6) is 0 Å². The van der Waals surface area contributed by atoms with E-state index in [0.717, 1.165) is 16.7 Å². The Labute approximate surface area is 71.5 Å². The van der Waals surface area contributed by atoms with Crippen LogP contribution in [0.3, 0.4) is 0 Å². The number of fused-ring (bicyclic) bond motifs is 1. The van der Waals surface area contributed by atoms with E-state index in [1.54, 1.807) is 6.92 Å². The second-order valence-corrected chi connectivity index (χ2v) is 2.85. The first-order valence-electron chi connectivity index (χ1n) is 3.85. The molecule has 0 bridgehead atoms. The van der Waals surface area contributed by atoms with E-state index in [0.29, 0.717) is 6.42 Å². The summed E-state index contributed by atoms with van der Waals surface area (Å²) >= 11 is 0. The quantitative estimate of drug-likeness (QED) is 0.568. The molecular weight excluding hydrogens is 149 g/mol. The summed E-state index contributed by atoms with van der Waals surface area (Å²) in [6.07, 6.45) is 0.507. The molecule has 58 valence electrons. The van der Waals surface area contributed by atoms with Gasteiger partial charge in [0.25, 0.3) is 0 Å². The number of nitrogens with one attached hydrogen (secondary N) is 1. The van der Waals surface area contributed by atoms with Gasteiger partial charge in [-0.15, -0.1) is 0 Å². The van der Waals surface area contributed by atoms with Crippen LogP contribution in [0.1, 0.15) is 5.56 Å². The van der Waals surface area contributed by atoms with Gasteiger partial charge < -0.3 is 0 Å². The van der Waals surface area contributed by atoms with E-state index in [-0.39, 0.29) is 5.91 Å². The number of amides is 1. The maximum absolute atomic E-state index is 11.0. The monoisotopic (exact) mass is 157 g/mol. The molecule has 0 saturated carbocycles. The second-order valence-electron chi connectivity index (χ2n) is 2.85. The van der Waals surface area contributed by atoms with Gasteiger partial charge in [-0.3, -0.25) is 0 Å². The fraction of sp³-hybridized carbons (Fsp3) is 0.111. The van der Waals surface area contributed by atoms with Gasteiger partial charge in [0.2, 0.25) is 0 Å². The van der Waals surface area contributed by atoms with Crippen molar-refractivity contribution in [2.45, 2.75) is 6.42 Å². The van der Waals surface area contributed by atoms with Crippen molar-refractivity contribution in [1.82, 2.24) is 0 Å². The molecule has 2 rings (SSSR count). The minimum absolute atomic E-state index is 0.0752. The van der Waals surface area contributed by atoms with Crippen LogP contribution in [0.2, 0.25) is 0 Å². The number of benzene rings is 1. The SMILES string of the molecule is C=Bc1ccc2c(c1)NC(=O)C2. The molecule has 1 aliphatic rings. The van der Waals surface area contributed by atoms with Gasteiger partial charge in [-0.05, 0) is 0 Å². The van der Waals surface area contributed by atoms with Gasteiger partial charge in [-0.2, -0.15) is 0 Å². The minimum atomic E-state index is 0.0752. The summed E-state index contributed by atoms with van der Waals surface area (Å²) in [4.78, 5) is 11.0. The van der Waals surface area contributed by atoms with Gasteiger partial charge in [0.15, 0.2) is 0 Å². The third-order valence-electron chi connectivity index (χ3n) is 1.99. The molecule has 12 heavy (non-hydrogen) atoms. The summed E-state index contributed by atoms with van der Waals surface area (Å²) in [5.74, 6) is 0.0752. The maximum atomic E-state index is 11.0. The first kappa shape index (κ1) is 7.28. The Morgan fingerprint density at radius 3 is 3.08 bits per heavy atom. The van der Waals surface area contributed by atoms with Crippen LogP contribution in [0.15, 0.2) is 18.2 Å². The molecule has 0 saturated heterocycles. The van der Waals surface area contributed by atoms with Gasteiger partial charge in [-0.25, -0.2) is 0 Å². The van der Waals surface area contributed by atoms with Crippen LogP contribution >= 0.6 is 0 Å². The normalized spacial score (nSPS) is 13.5. The van der Waals surface area contributed by atoms with Crippen molar-refractivity contribution in [3.63, 3.8) is 0 Å². The Morgan fingerprint density at radius 2 is 2.33 bits per heavy atom. The Kier molecular flexibility index (Phi) is 1.57. The molecule has 2 nitrogen and oxygen atoms in total. The van der Waals surface area contributed by atoms with E-state index < -0.39 is 0 Å². The molecule has 0 aliphatic carbocycles. The number of carbonyl (C=O) groups excluding carboxylic acids is 1. The zero-order valence-corrected chi connectivity index (χ0v) is 6.63. The molecule has 3 heteroatoms. The van der Waals surface area contributed by atoms with E-state index in [9.17, 15) is 4.79 Å². The Hall–Kier alpha value is -1.38. The van der Waals surface area contributed by atoms with Crippen molar-refractivity contribution >= 4 is 30.4 Å². The Bertz CT molecular complexity index is 360. The van der Waals surface area contributed by atoms with Gasteiger partial charge in [0, 0.05) is 0 Å². The average molecular weight is 157 g/mol. The summed E-state index contributed by atoms with van der Waals surface area (Å²) < 4.78 is 0. The first-order valence-corrected chi connectivity index (χ1v) is 3.85. The number of hydrogen-bond donors (Lipinski definition) is 1. The fourth-order valence-corrected chi connectivity index (χ4v) is 1.36. The Balaban J connectivity index is 2.48. The first-order chi connectivity index (χ1) is 5.79. The molecule has 1 aromatic rings.